The van der Waals surface area contributed by atoms with Gasteiger partial charge in [0.1, 0.15) is 17.6 Å². The largest absolute Gasteiger partial charge is 0.457 e. The first-order valence-electron chi connectivity index (χ1n) is 7.68. The van der Waals surface area contributed by atoms with E-state index < -0.39 is 19.7 Å². The fraction of sp³-hybridized carbons (Fsp3) is 0. The third-order valence-corrected chi connectivity index (χ3v) is 5.38. The number of allylic oxidation sites excluding steroid dienone is 1. The minimum atomic E-state index is -3.97. The second kappa shape index (κ2) is 7.27. The number of rotatable bonds is 5. The molecule has 134 valence electrons. The number of nitrogens with zero attached hydrogens (tertiary/aromatic N) is 2. The van der Waals surface area contributed by atoms with Gasteiger partial charge in [0.2, 0.25) is 9.84 Å². The zero-order chi connectivity index (χ0) is 19.4. The fourth-order valence-electron chi connectivity index (χ4n) is 2.38. The number of non-ortho nitro benzene ring substituents is 1. The van der Waals surface area contributed by atoms with Gasteiger partial charge in [-0.1, -0.05) is 30.3 Å². The molecule has 0 aliphatic rings. The van der Waals surface area contributed by atoms with Crippen molar-refractivity contribution in [1.29, 1.82) is 5.26 Å². The van der Waals surface area contributed by atoms with Gasteiger partial charge in [-0.25, -0.2) is 8.42 Å². The van der Waals surface area contributed by atoms with E-state index >= 15 is 0 Å². The molecule has 8 heteroatoms. The standard InChI is InChI=1S/C19H12N2O5S/c20-13-18(27(24,25)17-7-2-1-3-8-17)12-16-9-10-19(26-16)14-5-4-6-15(11-14)21(22)23/h1-12H/b18-12+. The summed E-state index contributed by atoms with van der Waals surface area (Å²) in [4.78, 5) is 9.90. The van der Waals surface area contributed by atoms with Crippen molar-refractivity contribution >= 4 is 21.6 Å². The van der Waals surface area contributed by atoms with Crippen LogP contribution in [-0.4, -0.2) is 13.3 Å². The Balaban J connectivity index is 1.97. The van der Waals surface area contributed by atoms with Crippen molar-refractivity contribution < 1.29 is 17.8 Å². The van der Waals surface area contributed by atoms with E-state index in [1.54, 1.807) is 36.4 Å². The van der Waals surface area contributed by atoms with Crippen molar-refractivity contribution in [3.63, 3.8) is 0 Å². The zero-order valence-corrected chi connectivity index (χ0v) is 14.6. The molecule has 0 atom stereocenters. The monoisotopic (exact) mass is 380 g/mol. The SMILES string of the molecule is N#C/C(=C\c1ccc(-c2cccc([N+](=O)[O-])c2)o1)S(=O)(=O)c1ccccc1. The quantitative estimate of drug-likeness (QED) is 0.372. The van der Waals surface area contributed by atoms with Gasteiger partial charge in [-0.05, 0) is 24.3 Å². The molecule has 0 saturated heterocycles. The Hall–Kier alpha value is -3.70. The average molecular weight is 380 g/mol. The van der Waals surface area contributed by atoms with Crippen LogP contribution in [0.4, 0.5) is 5.69 Å². The lowest BCUT2D eigenvalue weighted by atomic mass is 10.1. The molecule has 0 radical (unpaired) electrons. The maximum Gasteiger partial charge on any atom is 0.270 e. The predicted octanol–water partition coefficient (Wildman–Crippen LogP) is 4.19. The smallest absolute Gasteiger partial charge is 0.270 e. The maximum atomic E-state index is 12.6. The Kier molecular flexibility index (Phi) is 4.88. The number of furan rings is 1. The molecule has 0 bridgehead atoms. The van der Waals surface area contributed by atoms with Crippen molar-refractivity contribution in [3.8, 4) is 17.4 Å². The van der Waals surface area contributed by atoms with Crippen LogP contribution in [0.25, 0.3) is 17.4 Å². The molecule has 7 nitrogen and oxygen atoms in total. The summed E-state index contributed by atoms with van der Waals surface area (Å²) in [5, 5.41) is 20.2. The highest BCUT2D eigenvalue weighted by Crippen LogP contribution is 2.28. The van der Waals surface area contributed by atoms with Crippen molar-refractivity contribution in [3.05, 3.63) is 87.5 Å². The minimum Gasteiger partial charge on any atom is -0.457 e. The van der Waals surface area contributed by atoms with Crippen LogP contribution in [0.15, 0.2) is 80.9 Å². The molecule has 0 unspecified atom stereocenters. The molecule has 3 rings (SSSR count). The van der Waals surface area contributed by atoms with Gasteiger partial charge >= 0.3 is 0 Å². The predicted molar refractivity (Wildman–Crippen MR) is 98.0 cm³/mol. The summed E-state index contributed by atoms with van der Waals surface area (Å²) in [6.45, 7) is 0. The Morgan fingerprint density at radius 2 is 1.81 bits per heavy atom. The summed E-state index contributed by atoms with van der Waals surface area (Å²) in [5.74, 6) is 0.465. The van der Waals surface area contributed by atoms with Crippen LogP contribution in [0.1, 0.15) is 5.76 Å². The molecule has 0 amide bonds. The molecule has 1 heterocycles. The van der Waals surface area contributed by atoms with E-state index in [9.17, 15) is 23.8 Å². The Labute approximate surface area is 154 Å². The topological polar surface area (TPSA) is 114 Å². The fourth-order valence-corrected chi connectivity index (χ4v) is 3.54. The van der Waals surface area contributed by atoms with Crippen LogP contribution in [0.2, 0.25) is 0 Å². The molecule has 2 aromatic carbocycles. The molecule has 0 aliphatic heterocycles. The first-order chi connectivity index (χ1) is 12.9. The van der Waals surface area contributed by atoms with E-state index in [1.165, 1.54) is 36.4 Å². The number of nitro groups is 1. The average Bonchev–Trinajstić information content (AvgIpc) is 3.15. The van der Waals surface area contributed by atoms with Crippen LogP contribution in [0.5, 0.6) is 0 Å². The van der Waals surface area contributed by atoms with E-state index in [4.69, 9.17) is 4.42 Å². The summed E-state index contributed by atoms with van der Waals surface area (Å²) < 4.78 is 30.7. The second-order valence-electron chi connectivity index (χ2n) is 5.45. The van der Waals surface area contributed by atoms with Gasteiger partial charge in [-0.3, -0.25) is 10.1 Å². The van der Waals surface area contributed by atoms with E-state index in [0.717, 1.165) is 6.08 Å². The van der Waals surface area contributed by atoms with Crippen LogP contribution in [0, 0.1) is 21.4 Å². The number of hydrogen-bond donors (Lipinski definition) is 0. The van der Waals surface area contributed by atoms with Gasteiger partial charge < -0.3 is 4.42 Å². The maximum absolute atomic E-state index is 12.6. The first kappa shape index (κ1) is 18.1. The molecule has 3 aromatic rings. The molecule has 0 spiro atoms. The van der Waals surface area contributed by atoms with Crippen molar-refractivity contribution in [2.75, 3.05) is 0 Å². The zero-order valence-electron chi connectivity index (χ0n) is 13.8. The summed E-state index contributed by atoms with van der Waals surface area (Å²) in [5.41, 5.74) is 0.374. The van der Waals surface area contributed by atoms with E-state index in [2.05, 4.69) is 0 Å². The first-order valence-corrected chi connectivity index (χ1v) is 9.17. The lowest BCUT2D eigenvalue weighted by molar-refractivity contribution is -0.384. The summed E-state index contributed by atoms with van der Waals surface area (Å²) in [6, 6.07) is 18.2. The van der Waals surface area contributed by atoms with Crippen molar-refractivity contribution in [2.45, 2.75) is 4.90 Å². The van der Waals surface area contributed by atoms with E-state index in [-0.39, 0.29) is 16.3 Å². The summed E-state index contributed by atoms with van der Waals surface area (Å²) in [6.07, 6.45) is 1.13. The van der Waals surface area contributed by atoms with Gasteiger partial charge in [0.15, 0.2) is 4.91 Å². The van der Waals surface area contributed by atoms with Gasteiger partial charge in [0.25, 0.3) is 5.69 Å². The Morgan fingerprint density at radius 1 is 1.07 bits per heavy atom. The Morgan fingerprint density at radius 3 is 2.48 bits per heavy atom. The number of benzene rings is 2. The molecule has 0 N–H and O–H groups in total. The highest BCUT2D eigenvalue weighted by atomic mass is 32.2. The summed E-state index contributed by atoms with van der Waals surface area (Å²) in [7, 11) is -3.97. The Bertz CT molecular complexity index is 1170. The molecular weight excluding hydrogens is 368 g/mol. The van der Waals surface area contributed by atoms with Gasteiger partial charge in [0.05, 0.1) is 9.82 Å². The summed E-state index contributed by atoms with van der Waals surface area (Å²) >= 11 is 0. The van der Waals surface area contributed by atoms with Crippen molar-refractivity contribution in [1.82, 2.24) is 0 Å². The number of sulfone groups is 1. The molecule has 27 heavy (non-hydrogen) atoms. The lowest BCUT2D eigenvalue weighted by Crippen LogP contribution is -2.03. The normalized spacial score (nSPS) is 11.7. The number of nitro benzene ring substituents is 1. The highest BCUT2D eigenvalue weighted by molar-refractivity contribution is 7.95. The van der Waals surface area contributed by atoms with Crippen LogP contribution >= 0.6 is 0 Å². The molecule has 0 saturated carbocycles. The lowest BCUT2D eigenvalue weighted by Gasteiger charge is -2.02. The molecular formula is C19H12N2O5S. The van der Waals surface area contributed by atoms with Gasteiger partial charge in [-0.2, -0.15) is 5.26 Å². The van der Waals surface area contributed by atoms with Crippen molar-refractivity contribution in [2.24, 2.45) is 0 Å². The molecule has 0 aliphatic carbocycles. The number of hydrogen-bond acceptors (Lipinski definition) is 6. The molecule has 0 fully saturated rings. The van der Waals surface area contributed by atoms with E-state index in [1.807, 2.05) is 0 Å². The van der Waals surface area contributed by atoms with Crippen LogP contribution in [-0.2, 0) is 9.84 Å². The third kappa shape index (κ3) is 3.78. The molecule has 1 aromatic heterocycles. The van der Waals surface area contributed by atoms with Crippen LogP contribution < -0.4 is 0 Å². The van der Waals surface area contributed by atoms with Gasteiger partial charge in [0, 0.05) is 23.8 Å². The van der Waals surface area contributed by atoms with E-state index in [0.29, 0.717) is 11.3 Å². The van der Waals surface area contributed by atoms with Crippen LogP contribution in [0.3, 0.4) is 0 Å². The number of nitriles is 1. The third-order valence-electron chi connectivity index (χ3n) is 3.69. The van der Waals surface area contributed by atoms with Gasteiger partial charge in [-0.15, -0.1) is 0 Å². The highest BCUT2D eigenvalue weighted by Gasteiger charge is 2.21. The second-order valence-corrected chi connectivity index (χ2v) is 7.36. The minimum absolute atomic E-state index is 0.00302.